The van der Waals surface area contributed by atoms with Gasteiger partial charge in [0.05, 0.1) is 6.61 Å². The first-order chi connectivity index (χ1) is 5.74. The molecule has 0 aliphatic rings. The van der Waals surface area contributed by atoms with Crippen molar-refractivity contribution in [2.24, 2.45) is 0 Å². The molecule has 1 aromatic rings. The van der Waals surface area contributed by atoms with Crippen LogP contribution in [0.5, 0.6) is 0 Å². The number of hydrogen-bond donors (Lipinski definition) is 2. The second-order valence-corrected chi connectivity index (χ2v) is 2.60. The van der Waals surface area contributed by atoms with E-state index in [4.69, 9.17) is 16.7 Å². The molecule has 12 heavy (non-hydrogen) atoms. The number of aliphatic hydroxyl groups is 1. The van der Waals surface area contributed by atoms with Crippen LogP contribution < -0.4 is 5.56 Å². The van der Waals surface area contributed by atoms with Crippen LogP contribution in [0.4, 0.5) is 0 Å². The molecule has 1 aromatic heterocycles. The van der Waals surface area contributed by atoms with Gasteiger partial charge < -0.3 is 10.1 Å². The number of pyridine rings is 1. The molecule has 0 unspecified atom stereocenters. The number of rotatable bonds is 2. The minimum absolute atomic E-state index is 0.0310. The fraction of sp³-hybridized carbons (Fsp3) is 0.125. The summed E-state index contributed by atoms with van der Waals surface area (Å²) in [5.74, 6) is 0. The Balaban J connectivity index is 2.97. The molecule has 0 saturated heterocycles. The first-order valence-electron chi connectivity index (χ1n) is 3.39. The van der Waals surface area contributed by atoms with Gasteiger partial charge >= 0.3 is 0 Å². The zero-order valence-corrected chi connectivity index (χ0v) is 7.01. The Labute approximate surface area is 74.3 Å². The molecule has 0 aliphatic heterocycles. The number of aliphatic hydroxyl groups excluding tert-OH is 1. The molecule has 0 bridgehead atoms. The van der Waals surface area contributed by atoms with Gasteiger partial charge in [-0.15, -0.1) is 0 Å². The molecule has 4 heteroatoms. The second kappa shape index (κ2) is 4.09. The Morgan fingerprint density at radius 1 is 1.67 bits per heavy atom. The van der Waals surface area contributed by atoms with E-state index in [1.54, 1.807) is 12.2 Å². The number of hydrogen-bond acceptors (Lipinski definition) is 2. The van der Waals surface area contributed by atoms with E-state index >= 15 is 0 Å². The molecule has 0 amide bonds. The Hall–Kier alpha value is -1.06. The number of H-pyrrole nitrogens is 1. The summed E-state index contributed by atoms with van der Waals surface area (Å²) >= 11 is 5.55. The van der Waals surface area contributed by atoms with E-state index in [-0.39, 0.29) is 17.2 Å². The highest BCUT2D eigenvalue weighted by atomic mass is 35.5. The summed E-state index contributed by atoms with van der Waals surface area (Å²) in [5.41, 5.74) is 0.450. The van der Waals surface area contributed by atoms with E-state index in [0.717, 1.165) is 5.56 Å². The van der Waals surface area contributed by atoms with Gasteiger partial charge in [-0.2, -0.15) is 0 Å². The van der Waals surface area contributed by atoms with Crippen LogP contribution in [-0.2, 0) is 0 Å². The summed E-state index contributed by atoms with van der Waals surface area (Å²) in [6.07, 6.45) is 4.76. The van der Waals surface area contributed by atoms with E-state index in [1.807, 2.05) is 0 Å². The van der Waals surface area contributed by atoms with Gasteiger partial charge in [0.1, 0.15) is 5.02 Å². The van der Waals surface area contributed by atoms with Crippen LogP contribution >= 0.6 is 11.6 Å². The van der Waals surface area contributed by atoms with Crippen molar-refractivity contribution in [2.45, 2.75) is 0 Å². The van der Waals surface area contributed by atoms with Crippen molar-refractivity contribution in [3.63, 3.8) is 0 Å². The lowest BCUT2D eigenvalue weighted by Crippen LogP contribution is -2.04. The Bertz CT molecular complexity index is 343. The van der Waals surface area contributed by atoms with Gasteiger partial charge in [0.15, 0.2) is 0 Å². The first kappa shape index (κ1) is 9.03. The lowest BCUT2D eigenvalue weighted by molar-refractivity contribution is 0.343. The molecule has 1 rings (SSSR count). The maximum atomic E-state index is 10.8. The molecule has 0 aliphatic carbocycles. The van der Waals surface area contributed by atoms with Gasteiger partial charge in [-0.25, -0.2) is 0 Å². The fourth-order valence-corrected chi connectivity index (χ4v) is 0.937. The van der Waals surface area contributed by atoms with Gasteiger partial charge in [0.25, 0.3) is 5.56 Å². The summed E-state index contributed by atoms with van der Waals surface area (Å²) in [5, 5.41) is 8.61. The van der Waals surface area contributed by atoms with Crippen molar-refractivity contribution >= 4 is 17.7 Å². The predicted molar refractivity (Wildman–Crippen MR) is 48.2 cm³/mol. The van der Waals surface area contributed by atoms with Crippen molar-refractivity contribution < 1.29 is 5.11 Å². The largest absolute Gasteiger partial charge is 0.392 e. The molecule has 0 radical (unpaired) electrons. The zero-order valence-electron chi connectivity index (χ0n) is 6.25. The van der Waals surface area contributed by atoms with Crippen LogP contribution in [0.2, 0.25) is 5.02 Å². The highest BCUT2D eigenvalue weighted by Gasteiger charge is 1.94. The lowest BCUT2D eigenvalue weighted by atomic mass is 10.2. The molecule has 0 fully saturated rings. The third kappa shape index (κ3) is 2.22. The van der Waals surface area contributed by atoms with Crippen LogP contribution in [0, 0.1) is 0 Å². The van der Waals surface area contributed by atoms with Gasteiger partial charge in [0, 0.05) is 6.20 Å². The summed E-state index contributed by atoms with van der Waals surface area (Å²) in [4.78, 5) is 13.2. The van der Waals surface area contributed by atoms with E-state index in [2.05, 4.69) is 4.98 Å². The Kier molecular flexibility index (Phi) is 3.08. The number of aromatic nitrogens is 1. The normalized spacial score (nSPS) is 10.8. The average molecular weight is 186 g/mol. The minimum atomic E-state index is -0.308. The molecule has 0 saturated carbocycles. The van der Waals surface area contributed by atoms with Crippen LogP contribution in [0.25, 0.3) is 6.08 Å². The Morgan fingerprint density at radius 3 is 3.00 bits per heavy atom. The third-order valence-electron chi connectivity index (χ3n) is 1.30. The lowest BCUT2D eigenvalue weighted by Gasteiger charge is -1.92. The second-order valence-electron chi connectivity index (χ2n) is 2.20. The Morgan fingerprint density at radius 2 is 2.42 bits per heavy atom. The summed E-state index contributed by atoms with van der Waals surface area (Å²) in [7, 11) is 0. The van der Waals surface area contributed by atoms with Gasteiger partial charge in [0.2, 0.25) is 0 Å². The number of nitrogens with one attached hydrogen (secondary N) is 1. The van der Waals surface area contributed by atoms with Crippen LogP contribution in [0.1, 0.15) is 5.56 Å². The van der Waals surface area contributed by atoms with Crippen molar-refractivity contribution in [1.82, 2.24) is 4.98 Å². The van der Waals surface area contributed by atoms with E-state index < -0.39 is 0 Å². The predicted octanol–water partition coefficient (Wildman–Crippen LogP) is 1.03. The van der Waals surface area contributed by atoms with Crippen LogP contribution in [0.3, 0.4) is 0 Å². The topological polar surface area (TPSA) is 53.1 Å². The van der Waals surface area contributed by atoms with Crippen molar-refractivity contribution in [2.75, 3.05) is 6.61 Å². The molecule has 0 atom stereocenters. The molecule has 2 N–H and O–H groups in total. The quantitative estimate of drug-likeness (QED) is 0.723. The maximum absolute atomic E-state index is 10.8. The minimum Gasteiger partial charge on any atom is -0.392 e. The average Bonchev–Trinajstić information content (AvgIpc) is 2.07. The van der Waals surface area contributed by atoms with Gasteiger partial charge in [-0.1, -0.05) is 23.8 Å². The molecular formula is C8H8ClNO2. The number of halogens is 1. The highest BCUT2D eigenvalue weighted by molar-refractivity contribution is 6.30. The van der Waals surface area contributed by atoms with E-state index in [0.29, 0.717) is 0 Å². The van der Waals surface area contributed by atoms with E-state index in [1.165, 1.54) is 12.3 Å². The summed E-state index contributed by atoms with van der Waals surface area (Å²) in [6.45, 7) is -0.0310. The van der Waals surface area contributed by atoms with Gasteiger partial charge in [-0.3, -0.25) is 4.79 Å². The molecular weight excluding hydrogens is 178 g/mol. The SMILES string of the molecule is O=c1[nH]cc(C=CCO)cc1Cl. The summed E-state index contributed by atoms with van der Waals surface area (Å²) < 4.78 is 0. The van der Waals surface area contributed by atoms with Crippen LogP contribution in [0.15, 0.2) is 23.1 Å². The third-order valence-corrected chi connectivity index (χ3v) is 1.58. The molecule has 1 heterocycles. The molecule has 0 aromatic carbocycles. The van der Waals surface area contributed by atoms with Crippen molar-refractivity contribution in [3.8, 4) is 0 Å². The maximum Gasteiger partial charge on any atom is 0.266 e. The smallest absolute Gasteiger partial charge is 0.266 e. The zero-order chi connectivity index (χ0) is 8.97. The molecule has 64 valence electrons. The molecule has 3 nitrogen and oxygen atoms in total. The highest BCUT2D eigenvalue weighted by Crippen LogP contribution is 2.05. The monoisotopic (exact) mass is 185 g/mol. The summed E-state index contributed by atoms with van der Waals surface area (Å²) in [6, 6.07) is 1.53. The number of aromatic amines is 1. The van der Waals surface area contributed by atoms with E-state index in [9.17, 15) is 4.79 Å². The van der Waals surface area contributed by atoms with Gasteiger partial charge in [-0.05, 0) is 11.6 Å². The fourth-order valence-electron chi connectivity index (χ4n) is 0.756. The van der Waals surface area contributed by atoms with Crippen molar-refractivity contribution in [1.29, 1.82) is 0 Å². The first-order valence-corrected chi connectivity index (χ1v) is 3.77. The van der Waals surface area contributed by atoms with Crippen LogP contribution in [-0.4, -0.2) is 16.7 Å². The molecule has 0 spiro atoms. The van der Waals surface area contributed by atoms with Crippen molar-refractivity contribution in [3.05, 3.63) is 39.3 Å². The standard InChI is InChI=1S/C8H8ClNO2/c9-7-4-6(2-1-3-11)5-10-8(7)12/h1-2,4-5,11H,3H2,(H,10,12).